The minimum Gasteiger partial charge on any atom is -0.406 e. The number of ketones is 1. The van der Waals surface area contributed by atoms with Crippen LogP contribution in [0, 0.1) is 24.7 Å². The van der Waals surface area contributed by atoms with Crippen LogP contribution in [0.3, 0.4) is 0 Å². The van der Waals surface area contributed by atoms with Crippen molar-refractivity contribution in [1.29, 1.82) is 0 Å². The molecule has 1 aliphatic carbocycles. The highest BCUT2D eigenvalue weighted by Gasteiger charge is 2.30. The standard InChI is InChI=1S/C11H20O.C10H18.C8H7F3O.2C2H6/c1-3-5-10-6-7-11(12)8-9(10)4-2;1-6-9(4)7-10(5)8(2)3;1-6-2-4-7(5-3-6)12-8(9,10)11;2*1-2/h9-10H,3-8H2,1-2H3;6-8H,1-5H3;2-5H,1H3;2*1-2H3/b;9-6-,10-7-;;;. The predicted molar refractivity (Wildman–Crippen MR) is 160 cm³/mol. The highest BCUT2D eigenvalue weighted by atomic mass is 19.4. The van der Waals surface area contributed by atoms with E-state index in [-0.39, 0.29) is 5.75 Å². The van der Waals surface area contributed by atoms with E-state index in [4.69, 9.17) is 0 Å². The van der Waals surface area contributed by atoms with Gasteiger partial charge in [-0.25, -0.2) is 0 Å². The molecule has 222 valence electrons. The van der Waals surface area contributed by atoms with Crippen LogP contribution in [-0.4, -0.2) is 12.1 Å². The molecule has 0 radical (unpaired) electrons. The van der Waals surface area contributed by atoms with E-state index in [9.17, 15) is 18.0 Å². The zero-order valence-electron chi connectivity index (χ0n) is 26.4. The van der Waals surface area contributed by atoms with Crippen molar-refractivity contribution >= 4 is 5.78 Å². The monoisotopic (exact) mass is 542 g/mol. The maximum atomic E-state index is 11.6. The van der Waals surface area contributed by atoms with Gasteiger partial charge in [-0.15, -0.1) is 13.2 Å². The molecule has 0 saturated heterocycles. The highest BCUT2D eigenvalue weighted by molar-refractivity contribution is 5.79. The highest BCUT2D eigenvalue weighted by Crippen LogP contribution is 2.33. The third-order valence-electron chi connectivity index (χ3n) is 6.21. The van der Waals surface area contributed by atoms with Gasteiger partial charge in [0.15, 0.2) is 0 Å². The number of aryl methyl sites for hydroxylation is 1. The fourth-order valence-electron chi connectivity index (χ4n) is 3.72. The lowest BCUT2D eigenvalue weighted by Gasteiger charge is -2.29. The molecule has 38 heavy (non-hydrogen) atoms. The summed E-state index contributed by atoms with van der Waals surface area (Å²) in [5.41, 5.74) is 3.70. The molecular formula is C33H57F3O2. The number of rotatable bonds is 6. The molecule has 2 nitrogen and oxygen atoms in total. The van der Waals surface area contributed by atoms with Crippen LogP contribution in [0.4, 0.5) is 13.2 Å². The summed E-state index contributed by atoms with van der Waals surface area (Å²) in [5.74, 6) is 2.53. The number of hydrogen-bond donors (Lipinski definition) is 0. The first-order chi connectivity index (χ1) is 17.8. The zero-order chi connectivity index (χ0) is 30.3. The Hall–Kier alpha value is -2.04. The lowest BCUT2D eigenvalue weighted by atomic mass is 9.75. The average molecular weight is 543 g/mol. The first kappa shape index (κ1) is 40.5. The molecule has 0 aliphatic heterocycles. The van der Waals surface area contributed by atoms with Gasteiger partial charge in [0, 0.05) is 12.8 Å². The lowest BCUT2D eigenvalue weighted by molar-refractivity contribution is -0.274. The average Bonchev–Trinajstić information content (AvgIpc) is 2.88. The topological polar surface area (TPSA) is 26.3 Å². The van der Waals surface area contributed by atoms with Crippen LogP contribution in [0.15, 0.2) is 47.6 Å². The Morgan fingerprint density at radius 3 is 1.95 bits per heavy atom. The molecular weight excluding hydrogens is 485 g/mol. The second kappa shape index (κ2) is 24.0. The van der Waals surface area contributed by atoms with Crippen molar-refractivity contribution in [3.8, 4) is 5.75 Å². The first-order valence-electron chi connectivity index (χ1n) is 14.5. The van der Waals surface area contributed by atoms with Crippen LogP contribution < -0.4 is 4.74 Å². The first-order valence-corrected chi connectivity index (χ1v) is 14.5. The number of hydrogen-bond acceptors (Lipinski definition) is 2. The fourth-order valence-corrected chi connectivity index (χ4v) is 3.72. The Morgan fingerprint density at radius 2 is 1.55 bits per heavy atom. The molecule has 1 aromatic rings. The predicted octanol–water partition coefficient (Wildman–Crippen LogP) is 11.7. The number of Topliss-reactive ketones (excluding diaryl/α,β-unsaturated/α-hetero) is 1. The van der Waals surface area contributed by atoms with E-state index in [1.54, 1.807) is 19.1 Å². The summed E-state index contributed by atoms with van der Waals surface area (Å²) in [5, 5.41) is 0. The second-order valence-corrected chi connectivity index (χ2v) is 9.44. The number of halogens is 3. The van der Waals surface area contributed by atoms with E-state index in [2.05, 4.69) is 65.4 Å². The van der Waals surface area contributed by atoms with Crippen molar-refractivity contribution in [1.82, 2.24) is 0 Å². The Bertz CT molecular complexity index is 759. The smallest absolute Gasteiger partial charge is 0.406 e. The van der Waals surface area contributed by atoms with Crippen LogP contribution in [0.2, 0.25) is 0 Å². The molecule has 5 heteroatoms. The van der Waals surface area contributed by atoms with Gasteiger partial charge >= 0.3 is 6.36 Å². The Morgan fingerprint density at radius 1 is 1.03 bits per heavy atom. The van der Waals surface area contributed by atoms with Crippen molar-refractivity contribution in [2.75, 3.05) is 0 Å². The van der Waals surface area contributed by atoms with E-state index in [0.29, 0.717) is 17.6 Å². The Kier molecular flexibility index (Phi) is 25.6. The summed E-state index contributed by atoms with van der Waals surface area (Å²) in [7, 11) is 0. The zero-order valence-corrected chi connectivity index (χ0v) is 26.4. The largest absolute Gasteiger partial charge is 0.573 e. The number of alkyl halides is 3. The SMILES string of the molecule is C/C=C(C)\C=C(\C)C(C)C.CC.CC.CCCC1CCC(=O)CC1CC.Cc1ccc(OC(F)(F)F)cc1. The maximum absolute atomic E-state index is 11.6. The van der Waals surface area contributed by atoms with E-state index >= 15 is 0 Å². The molecule has 1 aromatic carbocycles. The van der Waals surface area contributed by atoms with E-state index in [1.165, 1.54) is 42.5 Å². The number of carbonyl (C=O) groups excluding carboxylic acids is 1. The third-order valence-corrected chi connectivity index (χ3v) is 6.21. The maximum Gasteiger partial charge on any atom is 0.573 e. The van der Waals surface area contributed by atoms with Crippen molar-refractivity contribution < 1.29 is 22.7 Å². The molecule has 0 spiro atoms. The molecule has 2 atom stereocenters. The summed E-state index contributed by atoms with van der Waals surface area (Å²) >= 11 is 0. The van der Waals surface area contributed by atoms with Crippen LogP contribution in [0.1, 0.15) is 120 Å². The molecule has 0 bridgehead atoms. The van der Waals surface area contributed by atoms with Gasteiger partial charge in [0.05, 0.1) is 0 Å². The van der Waals surface area contributed by atoms with Crippen LogP contribution >= 0.6 is 0 Å². The van der Waals surface area contributed by atoms with Gasteiger partial charge in [-0.1, -0.05) is 116 Å². The normalized spacial score (nSPS) is 17.4. The number of ether oxygens (including phenoxy) is 1. The van der Waals surface area contributed by atoms with E-state index in [1.807, 2.05) is 27.7 Å². The van der Waals surface area contributed by atoms with Crippen molar-refractivity contribution in [3.63, 3.8) is 0 Å². The summed E-state index contributed by atoms with van der Waals surface area (Å²) in [4.78, 5) is 11.2. The quantitative estimate of drug-likeness (QED) is 0.334. The molecule has 2 rings (SSSR count). The molecule has 1 saturated carbocycles. The summed E-state index contributed by atoms with van der Waals surface area (Å²) in [6, 6.07) is 5.67. The summed E-state index contributed by atoms with van der Waals surface area (Å²) in [6.45, 7) is 25.1. The van der Waals surface area contributed by atoms with Gasteiger partial charge in [0.2, 0.25) is 0 Å². The number of allylic oxidation sites excluding steroid dienone is 4. The van der Waals surface area contributed by atoms with Gasteiger partial charge in [-0.3, -0.25) is 4.79 Å². The minimum absolute atomic E-state index is 0.187. The van der Waals surface area contributed by atoms with Gasteiger partial charge < -0.3 is 4.74 Å². The Balaban J connectivity index is -0.000000455. The van der Waals surface area contributed by atoms with Crippen molar-refractivity contribution in [2.24, 2.45) is 17.8 Å². The van der Waals surface area contributed by atoms with Crippen LogP contribution in [-0.2, 0) is 4.79 Å². The van der Waals surface area contributed by atoms with Gasteiger partial charge in [0.1, 0.15) is 11.5 Å². The Labute approximate surface area is 233 Å². The van der Waals surface area contributed by atoms with Gasteiger partial charge in [-0.05, 0) is 64.0 Å². The van der Waals surface area contributed by atoms with E-state index in [0.717, 1.165) is 30.7 Å². The molecule has 1 fully saturated rings. The second-order valence-electron chi connectivity index (χ2n) is 9.44. The molecule has 0 heterocycles. The minimum atomic E-state index is -4.60. The van der Waals surface area contributed by atoms with Crippen molar-refractivity contribution in [3.05, 3.63) is 53.1 Å². The van der Waals surface area contributed by atoms with Crippen LogP contribution in [0.5, 0.6) is 5.75 Å². The van der Waals surface area contributed by atoms with E-state index < -0.39 is 6.36 Å². The molecule has 2 unspecified atom stereocenters. The lowest BCUT2D eigenvalue weighted by Crippen LogP contribution is -2.24. The third kappa shape index (κ3) is 22.0. The molecule has 0 N–H and O–H groups in total. The van der Waals surface area contributed by atoms with Gasteiger partial charge in [0.25, 0.3) is 0 Å². The summed E-state index contributed by atoms with van der Waals surface area (Å²) < 4.78 is 38.5. The number of carbonyl (C=O) groups is 1. The fraction of sp³-hybridized carbons (Fsp3) is 0.667. The molecule has 0 aromatic heterocycles. The molecule has 1 aliphatic rings. The summed E-state index contributed by atoms with van der Waals surface area (Å²) in [6.07, 6.45) is 6.43. The van der Waals surface area contributed by atoms with Crippen LogP contribution in [0.25, 0.3) is 0 Å². The van der Waals surface area contributed by atoms with Crippen molar-refractivity contribution in [2.45, 2.75) is 128 Å². The number of benzene rings is 1. The van der Waals surface area contributed by atoms with Gasteiger partial charge in [-0.2, -0.15) is 0 Å². The molecule has 0 amide bonds.